The molecule has 1 unspecified atom stereocenters. The van der Waals surface area contributed by atoms with Gasteiger partial charge in [0.15, 0.2) is 0 Å². The molecule has 3 nitrogen and oxygen atoms in total. The zero-order chi connectivity index (χ0) is 15.0. The summed E-state index contributed by atoms with van der Waals surface area (Å²) in [6.45, 7) is 8.79. The molecule has 1 rings (SSSR count). The second-order valence-corrected chi connectivity index (χ2v) is 5.47. The van der Waals surface area contributed by atoms with Crippen LogP contribution < -0.4 is 0 Å². The number of carbonyl (C=O) groups is 1. The fourth-order valence-corrected chi connectivity index (χ4v) is 2.25. The molecular formula is C17H27NO2. The van der Waals surface area contributed by atoms with Crippen LogP contribution >= 0.6 is 0 Å². The normalized spacial score (nSPS) is 12.6. The number of unbranched alkanes of at least 4 members (excludes halogenated alkanes) is 1. The van der Waals surface area contributed by atoms with Crippen LogP contribution in [0.3, 0.4) is 0 Å². The van der Waals surface area contributed by atoms with Crippen LogP contribution in [0, 0.1) is 0 Å². The van der Waals surface area contributed by atoms with Crippen LogP contribution in [0.2, 0.25) is 0 Å². The Morgan fingerprint density at radius 1 is 1.20 bits per heavy atom. The van der Waals surface area contributed by atoms with Crippen molar-refractivity contribution in [3.05, 3.63) is 35.4 Å². The van der Waals surface area contributed by atoms with Crippen LogP contribution in [0.25, 0.3) is 0 Å². The summed E-state index contributed by atoms with van der Waals surface area (Å²) in [6.07, 6.45) is 3.69. The summed E-state index contributed by atoms with van der Waals surface area (Å²) in [5, 5.41) is 8.78. The third-order valence-corrected chi connectivity index (χ3v) is 3.78. The van der Waals surface area contributed by atoms with Crippen LogP contribution in [0.5, 0.6) is 0 Å². The summed E-state index contributed by atoms with van der Waals surface area (Å²) in [5.41, 5.74) is 2.13. The Bertz CT molecular complexity index is 400. The van der Waals surface area contributed by atoms with E-state index in [0.29, 0.717) is 6.04 Å². The quantitative estimate of drug-likeness (QED) is 0.748. The minimum Gasteiger partial charge on any atom is -0.481 e. The Morgan fingerprint density at radius 3 is 2.30 bits per heavy atom. The molecule has 0 bridgehead atoms. The van der Waals surface area contributed by atoms with Crippen molar-refractivity contribution < 1.29 is 9.90 Å². The predicted octanol–water partition coefficient (Wildman–Crippen LogP) is 3.71. The Balaban J connectivity index is 2.65. The molecule has 0 radical (unpaired) electrons. The number of hydrogen-bond donors (Lipinski definition) is 1. The lowest BCUT2D eigenvalue weighted by atomic mass is 10.1. The Hall–Kier alpha value is -1.35. The van der Waals surface area contributed by atoms with Gasteiger partial charge in [0.1, 0.15) is 0 Å². The van der Waals surface area contributed by atoms with E-state index >= 15 is 0 Å². The maximum absolute atomic E-state index is 10.7. The second-order valence-electron chi connectivity index (χ2n) is 5.47. The van der Waals surface area contributed by atoms with Gasteiger partial charge in [0.05, 0.1) is 6.42 Å². The van der Waals surface area contributed by atoms with E-state index in [-0.39, 0.29) is 6.42 Å². The van der Waals surface area contributed by atoms with Crippen molar-refractivity contribution in [1.29, 1.82) is 0 Å². The van der Waals surface area contributed by atoms with E-state index in [0.717, 1.165) is 25.1 Å². The number of carboxylic acid groups (broad SMARTS) is 1. The van der Waals surface area contributed by atoms with Crippen molar-refractivity contribution in [1.82, 2.24) is 4.90 Å². The highest BCUT2D eigenvalue weighted by Crippen LogP contribution is 2.13. The fourth-order valence-electron chi connectivity index (χ4n) is 2.25. The minimum absolute atomic E-state index is 0.102. The van der Waals surface area contributed by atoms with Crippen molar-refractivity contribution >= 4 is 5.97 Å². The molecule has 20 heavy (non-hydrogen) atoms. The largest absolute Gasteiger partial charge is 0.481 e. The average Bonchev–Trinajstić information content (AvgIpc) is 2.43. The van der Waals surface area contributed by atoms with E-state index in [2.05, 4.69) is 37.8 Å². The first-order chi connectivity index (χ1) is 9.56. The van der Waals surface area contributed by atoms with Crippen molar-refractivity contribution in [3.8, 4) is 0 Å². The number of nitrogens with zero attached hydrogens (tertiary/aromatic N) is 1. The molecular weight excluding hydrogens is 250 g/mol. The Labute approximate surface area is 122 Å². The third-order valence-electron chi connectivity index (χ3n) is 3.78. The van der Waals surface area contributed by atoms with Gasteiger partial charge in [-0.3, -0.25) is 9.69 Å². The van der Waals surface area contributed by atoms with E-state index in [1.54, 1.807) is 0 Å². The number of benzene rings is 1. The molecule has 112 valence electrons. The maximum Gasteiger partial charge on any atom is 0.307 e. The van der Waals surface area contributed by atoms with E-state index in [1.165, 1.54) is 18.4 Å². The molecule has 0 saturated heterocycles. The van der Waals surface area contributed by atoms with E-state index < -0.39 is 5.97 Å². The fraction of sp³-hybridized carbons (Fsp3) is 0.588. The van der Waals surface area contributed by atoms with Crippen molar-refractivity contribution in [2.75, 3.05) is 6.54 Å². The molecule has 3 heteroatoms. The molecule has 0 fully saturated rings. The van der Waals surface area contributed by atoms with Crippen molar-refractivity contribution in [3.63, 3.8) is 0 Å². The predicted molar refractivity (Wildman–Crippen MR) is 82.9 cm³/mol. The molecule has 0 saturated carbocycles. The minimum atomic E-state index is -0.776. The summed E-state index contributed by atoms with van der Waals surface area (Å²) in [6, 6.07) is 8.55. The highest BCUT2D eigenvalue weighted by atomic mass is 16.4. The van der Waals surface area contributed by atoms with Gasteiger partial charge in [0.2, 0.25) is 0 Å². The number of rotatable bonds is 9. The topological polar surface area (TPSA) is 40.5 Å². The van der Waals surface area contributed by atoms with Gasteiger partial charge in [-0.15, -0.1) is 0 Å². The lowest BCUT2D eigenvalue weighted by Gasteiger charge is -2.28. The Morgan fingerprint density at radius 2 is 1.80 bits per heavy atom. The number of aliphatic carboxylic acids is 1. The van der Waals surface area contributed by atoms with Gasteiger partial charge in [-0.2, -0.15) is 0 Å². The molecule has 0 amide bonds. The maximum atomic E-state index is 10.7. The van der Waals surface area contributed by atoms with Crippen molar-refractivity contribution in [2.24, 2.45) is 0 Å². The van der Waals surface area contributed by atoms with Crippen LogP contribution in [0.1, 0.15) is 51.2 Å². The molecule has 1 aromatic rings. The molecule has 1 N–H and O–H groups in total. The van der Waals surface area contributed by atoms with Crippen LogP contribution in [0.4, 0.5) is 0 Å². The van der Waals surface area contributed by atoms with Gasteiger partial charge in [-0.1, -0.05) is 44.5 Å². The van der Waals surface area contributed by atoms with Gasteiger partial charge in [-0.05, 0) is 37.4 Å². The van der Waals surface area contributed by atoms with Gasteiger partial charge in [0, 0.05) is 12.6 Å². The summed E-state index contributed by atoms with van der Waals surface area (Å²) in [5.74, 6) is -0.776. The lowest BCUT2D eigenvalue weighted by molar-refractivity contribution is -0.136. The smallest absolute Gasteiger partial charge is 0.307 e. The number of carboxylic acids is 1. The SMILES string of the molecule is CCCCN(Cc1ccc(CC(=O)O)cc1)C(C)CC. The van der Waals surface area contributed by atoms with Crippen LogP contribution in [0.15, 0.2) is 24.3 Å². The van der Waals surface area contributed by atoms with Gasteiger partial charge >= 0.3 is 5.97 Å². The first-order valence-corrected chi connectivity index (χ1v) is 7.60. The molecule has 0 aliphatic carbocycles. The van der Waals surface area contributed by atoms with E-state index in [9.17, 15) is 4.79 Å². The van der Waals surface area contributed by atoms with Gasteiger partial charge in [-0.25, -0.2) is 0 Å². The summed E-state index contributed by atoms with van der Waals surface area (Å²) >= 11 is 0. The third kappa shape index (κ3) is 5.74. The molecule has 0 spiro atoms. The molecule has 0 heterocycles. The van der Waals surface area contributed by atoms with Crippen LogP contribution in [-0.2, 0) is 17.8 Å². The average molecular weight is 277 g/mol. The highest BCUT2D eigenvalue weighted by Gasteiger charge is 2.12. The molecule has 0 aliphatic heterocycles. The Kier molecular flexibility index (Phi) is 7.31. The second kappa shape index (κ2) is 8.75. The summed E-state index contributed by atoms with van der Waals surface area (Å²) in [7, 11) is 0. The van der Waals surface area contributed by atoms with E-state index in [1.807, 2.05) is 12.1 Å². The first-order valence-electron chi connectivity index (χ1n) is 7.60. The zero-order valence-electron chi connectivity index (χ0n) is 12.9. The number of hydrogen-bond acceptors (Lipinski definition) is 2. The monoisotopic (exact) mass is 277 g/mol. The van der Waals surface area contributed by atoms with Crippen molar-refractivity contribution in [2.45, 2.75) is 59.0 Å². The lowest BCUT2D eigenvalue weighted by Crippen LogP contribution is -2.33. The molecule has 0 aliphatic rings. The van der Waals surface area contributed by atoms with Gasteiger partial charge < -0.3 is 5.11 Å². The first kappa shape index (κ1) is 16.7. The standard InChI is InChI=1S/C17H27NO2/c1-4-6-11-18(14(3)5-2)13-16-9-7-15(8-10-16)12-17(19)20/h7-10,14H,4-6,11-13H2,1-3H3,(H,19,20). The summed E-state index contributed by atoms with van der Waals surface area (Å²) in [4.78, 5) is 13.2. The van der Waals surface area contributed by atoms with Crippen LogP contribution in [-0.4, -0.2) is 28.6 Å². The molecule has 0 aromatic heterocycles. The molecule has 1 atom stereocenters. The van der Waals surface area contributed by atoms with E-state index in [4.69, 9.17) is 5.11 Å². The summed E-state index contributed by atoms with van der Waals surface area (Å²) < 4.78 is 0. The molecule has 1 aromatic carbocycles. The zero-order valence-corrected chi connectivity index (χ0v) is 12.9. The van der Waals surface area contributed by atoms with Gasteiger partial charge in [0.25, 0.3) is 0 Å². The highest BCUT2D eigenvalue weighted by molar-refractivity contribution is 5.70.